The summed E-state index contributed by atoms with van der Waals surface area (Å²) in [5.41, 5.74) is 0.978. The molecule has 1 aromatic heterocycles. The van der Waals surface area contributed by atoms with Gasteiger partial charge in [0.05, 0.1) is 33.2 Å². The molecule has 0 atom stereocenters. The van der Waals surface area contributed by atoms with Gasteiger partial charge in [-0.05, 0) is 48.0 Å². The van der Waals surface area contributed by atoms with Crippen LogP contribution in [-0.4, -0.2) is 33.1 Å². The van der Waals surface area contributed by atoms with Gasteiger partial charge >= 0.3 is 5.97 Å². The lowest BCUT2D eigenvalue weighted by Crippen LogP contribution is -2.07. The van der Waals surface area contributed by atoms with E-state index in [2.05, 4.69) is 0 Å². The maximum absolute atomic E-state index is 12.8. The Morgan fingerprint density at radius 2 is 1.71 bits per heavy atom. The standard InChI is InChI=1S/C23H18O8/c1-26-19-10-13(11-20(27-2)22(19)28-3)9-18-21(24)15-7-6-14(12-17(15)31-18)30-23(25)16-5-4-8-29-16/h4-12H,1-3H3/b18-9-. The maximum Gasteiger partial charge on any atom is 0.379 e. The van der Waals surface area contributed by atoms with Crippen LogP contribution >= 0.6 is 0 Å². The Bertz CT molecular complexity index is 1150. The van der Waals surface area contributed by atoms with Crippen molar-refractivity contribution in [2.45, 2.75) is 0 Å². The molecule has 0 saturated carbocycles. The summed E-state index contributed by atoms with van der Waals surface area (Å²) in [7, 11) is 4.52. The van der Waals surface area contributed by atoms with Gasteiger partial charge < -0.3 is 28.1 Å². The topological polar surface area (TPSA) is 93.4 Å². The van der Waals surface area contributed by atoms with Crippen LogP contribution < -0.4 is 23.7 Å². The fourth-order valence-corrected chi connectivity index (χ4v) is 3.12. The lowest BCUT2D eigenvalue weighted by atomic mass is 10.1. The fraction of sp³-hybridized carbons (Fsp3) is 0.130. The first-order chi connectivity index (χ1) is 15.0. The summed E-state index contributed by atoms with van der Waals surface area (Å²) >= 11 is 0. The van der Waals surface area contributed by atoms with Gasteiger partial charge in [0.25, 0.3) is 0 Å². The van der Waals surface area contributed by atoms with Crippen LogP contribution in [-0.2, 0) is 0 Å². The van der Waals surface area contributed by atoms with Crippen LogP contribution in [0.1, 0.15) is 26.5 Å². The molecule has 3 aromatic rings. The van der Waals surface area contributed by atoms with E-state index in [-0.39, 0.29) is 28.8 Å². The number of allylic oxidation sites excluding steroid dienone is 1. The summed E-state index contributed by atoms with van der Waals surface area (Å²) in [6.45, 7) is 0. The van der Waals surface area contributed by atoms with Gasteiger partial charge in [-0.3, -0.25) is 4.79 Å². The van der Waals surface area contributed by atoms with E-state index in [0.717, 1.165) is 0 Å². The summed E-state index contributed by atoms with van der Waals surface area (Å²) in [6.07, 6.45) is 2.95. The second-order valence-corrected chi connectivity index (χ2v) is 6.42. The maximum atomic E-state index is 12.8. The Morgan fingerprint density at radius 1 is 0.968 bits per heavy atom. The number of hydrogen-bond acceptors (Lipinski definition) is 8. The molecule has 2 aromatic carbocycles. The number of esters is 1. The third-order valence-corrected chi connectivity index (χ3v) is 4.56. The van der Waals surface area contributed by atoms with Crippen molar-refractivity contribution in [2.24, 2.45) is 0 Å². The van der Waals surface area contributed by atoms with Gasteiger partial charge in [-0.2, -0.15) is 0 Å². The van der Waals surface area contributed by atoms with Gasteiger partial charge in [0.1, 0.15) is 11.5 Å². The van der Waals surface area contributed by atoms with Crippen molar-refractivity contribution in [3.05, 3.63) is 71.4 Å². The first-order valence-corrected chi connectivity index (χ1v) is 9.18. The molecule has 158 valence electrons. The molecule has 0 unspecified atom stereocenters. The summed E-state index contributed by atoms with van der Waals surface area (Å²) < 4.78 is 32.0. The molecule has 8 heteroatoms. The molecule has 0 radical (unpaired) electrons. The number of furan rings is 1. The zero-order chi connectivity index (χ0) is 22.0. The number of fused-ring (bicyclic) bond motifs is 1. The molecule has 0 amide bonds. The van der Waals surface area contributed by atoms with Crippen molar-refractivity contribution in [3.8, 4) is 28.7 Å². The highest BCUT2D eigenvalue weighted by Crippen LogP contribution is 2.40. The van der Waals surface area contributed by atoms with Crippen molar-refractivity contribution in [3.63, 3.8) is 0 Å². The number of benzene rings is 2. The minimum Gasteiger partial charge on any atom is -0.493 e. The molecular formula is C23H18O8. The molecule has 1 aliphatic heterocycles. The number of ether oxygens (including phenoxy) is 5. The Morgan fingerprint density at radius 3 is 2.32 bits per heavy atom. The SMILES string of the molecule is COc1cc(/C=C2\Oc3cc(OC(=O)c4ccco4)ccc3C2=O)cc(OC)c1OC. The van der Waals surface area contributed by atoms with Crippen LogP contribution in [0.2, 0.25) is 0 Å². The lowest BCUT2D eigenvalue weighted by molar-refractivity contribution is 0.0701. The van der Waals surface area contributed by atoms with E-state index >= 15 is 0 Å². The predicted octanol–water partition coefficient (Wildman–Crippen LogP) is 4.14. The van der Waals surface area contributed by atoms with Crippen LogP contribution in [0.25, 0.3) is 6.08 Å². The quantitative estimate of drug-likeness (QED) is 0.332. The third kappa shape index (κ3) is 3.83. The van der Waals surface area contributed by atoms with E-state index in [0.29, 0.717) is 28.4 Å². The van der Waals surface area contributed by atoms with Gasteiger partial charge in [-0.15, -0.1) is 0 Å². The predicted molar refractivity (Wildman–Crippen MR) is 109 cm³/mol. The number of hydrogen-bond donors (Lipinski definition) is 0. The van der Waals surface area contributed by atoms with E-state index in [1.807, 2.05) is 0 Å². The number of carbonyl (C=O) groups excluding carboxylic acids is 2. The van der Waals surface area contributed by atoms with E-state index < -0.39 is 5.97 Å². The Labute approximate surface area is 177 Å². The zero-order valence-corrected chi connectivity index (χ0v) is 17.0. The Balaban J connectivity index is 1.60. The Hall–Kier alpha value is -4.20. The molecule has 4 rings (SSSR count). The van der Waals surface area contributed by atoms with Crippen LogP contribution in [0.4, 0.5) is 0 Å². The van der Waals surface area contributed by atoms with Crippen molar-refractivity contribution in [1.29, 1.82) is 0 Å². The minimum absolute atomic E-state index is 0.0699. The van der Waals surface area contributed by atoms with Gasteiger partial charge in [-0.1, -0.05) is 0 Å². The van der Waals surface area contributed by atoms with Gasteiger partial charge in [-0.25, -0.2) is 4.79 Å². The highest BCUT2D eigenvalue weighted by atomic mass is 16.6. The fourth-order valence-electron chi connectivity index (χ4n) is 3.12. The van der Waals surface area contributed by atoms with Crippen LogP contribution in [0.15, 0.2) is 58.9 Å². The molecule has 0 N–H and O–H groups in total. The average molecular weight is 422 g/mol. The van der Waals surface area contributed by atoms with Crippen molar-refractivity contribution in [2.75, 3.05) is 21.3 Å². The van der Waals surface area contributed by atoms with Crippen LogP contribution in [0, 0.1) is 0 Å². The number of ketones is 1. The molecule has 8 nitrogen and oxygen atoms in total. The Kier molecular flexibility index (Phi) is 5.36. The zero-order valence-electron chi connectivity index (χ0n) is 17.0. The number of methoxy groups -OCH3 is 3. The molecular weight excluding hydrogens is 404 g/mol. The molecule has 0 saturated heterocycles. The summed E-state index contributed by atoms with van der Waals surface area (Å²) in [4.78, 5) is 24.8. The highest BCUT2D eigenvalue weighted by molar-refractivity contribution is 6.14. The van der Waals surface area contributed by atoms with E-state index in [9.17, 15) is 9.59 Å². The highest BCUT2D eigenvalue weighted by Gasteiger charge is 2.28. The van der Waals surface area contributed by atoms with Crippen LogP contribution in [0.3, 0.4) is 0 Å². The van der Waals surface area contributed by atoms with E-state index in [1.54, 1.807) is 30.3 Å². The van der Waals surface area contributed by atoms with Crippen molar-refractivity contribution < 1.29 is 37.7 Å². The number of Topliss-reactive ketones (excluding diaryl/α,β-unsaturated/α-hetero) is 1. The summed E-state index contributed by atoms with van der Waals surface area (Å²) in [6, 6.07) is 11.0. The van der Waals surface area contributed by atoms with Gasteiger partial charge in [0, 0.05) is 6.07 Å². The first-order valence-electron chi connectivity index (χ1n) is 9.18. The largest absolute Gasteiger partial charge is 0.493 e. The second-order valence-electron chi connectivity index (χ2n) is 6.42. The van der Waals surface area contributed by atoms with Crippen molar-refractivity contribution >= 4 is 17.8 Å². The summed E-state index contributed by atoms with van der Waals surface area (Å²) in [5.74, 6) is 1.08. The van der Waals surface area contributed by atoms with Crippen molar-refractivity contribution in [1.82, 2.24) is 0 Å². The molecule has 0 aliphatic carbocycles. The number of carbonyl (C=O) groups is 2. The molecule has 31 heavy (non-hydrogen) atoms. The smallest absolute Gasteiger partial charge is 0.379 e. The van der Waals surface area contributed by atoms with E-state index in [1.165, 1.54) is 45.8 Å². The summed E-state index contributed by atoms with van der Waals surface area (Å²) in [5, 5.41) is 0. The minimum atomic E-state index is -0.650. The number of rotatable bonds is 6. The molecule has 0 bridgehead atoms. The molecule has 0 fully saturated rings. The first kappa shape index (κ1) is 20.1. The van der Waals surface area contributed by atoms with Gasteiger partial charge in [0.15, 0.2) is 17.3 Å². The average Bonchev–Trinajstić information content (AvgIpc) is 3.42. The normalized spacial score (nSPS) is 13.5. The van der Waals surface area contributed by atoms with E-state index in [4.69, 9.17) is 28.1 Å². The monoisotopic (exact) mass is 422 g/mol. The third-order valence-electron chi connectivity index (χ3n) is 4.56. The molecule has 2 heterocycles. The van der Waals surface area contributed by atoms with Gasteiger partial charge in [0.2, 0.25) is 17.3 Å². The molecule has 0 spiro atoms. The lowest BCUT2D eigenvalue weighted by Gasteiger charge is -2.13. The van der Waals surface area contributed by atoms with Crippen LogP contribution in [0.5, 0.6) is 28.7 Å². The molecule has 1 aliphatic rings. The second kappa shape index (κ2) is 8.27.